The lowest BCUT2D eigenvalue weighted by Crippen LogP contribution is -2.66. The molecule has 1 aliphatic rings. The summed E-state index contributed by atoms with van der Waals surface area (Å²) in [6.07, 6.45) is -1.90. The van der Waals surface area contributed by atoms with Crippen molar-refractivity contribution >= 4 is 14.2 Å². The molecular formula is C30H37NO5Si. The van der Waals surface area contributed by atoms with Crippen molar-refractivity contribution in [3.8, 4) is 0 Å². The Morgan fingerprint density at radius 2 is 1.08 bits per heavy atom. The smallest absolute Gasteiger partial charge is 0.252 e. The predicted octanol–water partition coefficient (Wildman–Crippen LogP) is 5.09. The minimum atomic E-state index is -1.83. The van der Waals surface area contributed by atoms with Gasteiger partial charge in [-0.1, -0.05) is 91.0 Å². The van der Waals surface area contributed by atoms with Crippen LogP contribution in [-0.2, 0) is 43.3 Å². The van der Waals surface area contributed by atoms with E-state index in [1.807, 2.05) is 91.0 Å². The van der Waals surface area contributed by atoms with Gasteiger partial charge in [-0.25, -0.2) is 0 Å². The van der Waals surface area contributed by atoms with Crippen LogP contribution in [0.1, 0.15) is 16.7 Å². The van der Waals surface area contributed by atoms with E-state index in [0.717, 1.165) is 16.7 Å². The molecule has 0 aromatic heterocycles. The fourth-order valence-electron chi connectivity index (χ4n) is 4.23. The molecule has 0 bridgehead atoms. The minimum Gasteiger partial charge on any atom is -0.415 e. The molecule has 1 N–H and O–H groups in total. The summed E-state index contributed by atoms with van der Waals surface area (Å²) in [5.41, 5.74) is 3.06. The second-order valence-corrected chi connectivity index (χ2v) is 14.8. The van der Waals surface area contributed by atoms with E-state index in [4.69, 9.17) is 18.6 Å². The molecule has 1 amide bonds. The molecule has 1 heterocycles. The SMILES string of the molecule is C[Si](C)(C)OC[C@H]1NC(=O)[C@H](OCc2ccccc2)[C@@H](OCc2ccccc2)[C@@H]1OCc1ccccc1. The average Bonchev–Trinajstić information content (AvgIpc) is 2.90. The third-order valence-corrected chi connectivity index (χ3v) is 7.18. The van der Waals surface area contributed by atoms with Crippen LogP contribution in [0.2, 0.25) is 19.6 Å². The molecule has 0 radical (unpaired) electrons. The van der Waals surface area contributed by atoms with E-state index in [9.17, 15) is 4.79 Å². The van der Waals surface area contributed by atoms with Gasteiger partial charge in [-0.2, -0.15) is 0 Å². The molecule has 6 nitrogen and oxygen atoms in total. The zero-order valence-electron chi connectivity index (χ0n) is 21.8. The second kappa shape index (κ2) is 13.1. The Kier molecular flexibility index (Phi) is 9.66. The van der Waals surface area contributed by atoms with E-state index in [2.05, 4.69) is 25.0 Å². The van der Waals surface area contributed by atoms with Crippen LogP contribution in [0.4, 0.5) is 0 Å². The zero-order valence-corrected chi connectivity index (χ0v) is 22.8. The van der Waals surface area contributed by atoms with Crippen molar-refractivity contribution in [3.63, 3.8) is 0 Å². The normalized spacial score (nSPS) is 22.0. The van der Waals surface area contributed by atoms with Crippen molar-refractivity contribution in [1.82, 2.24) is 5.32 Å². The summed E-state index contributed by atoms with van der Waals surface area (Å²) in [5, 5.41) is 3.12. The molecule has 4 rings (SSSR count). The number of carbonyl (C=O) groups excluding carboxylic acids is 1. The highest BCUT2D eigenvalue weighted by Crippen LogP contribution is 2.25. The summed E-state index contributed by atoms with van der Waals surface area (Å²) < 4.78 is 25.4. The van der Waals surface area contributed by atoms with Gasteiger partial charge < -0.3 is 24.0 Å². The number of hydrogen-bond acceptors (Lipinski definition) is 5. The Balaban J connectivity index is 1.58. The summed E-state index contributed by atoms with van der Waals surface area (Å²) in [6.45, 7) is 7.78. The molecule has 0 saturated carbocycles. The molecule has 196 valence electrons. The van der Waals surface area contributed by atoms with Gasteiger partial charge in [0.1, 0.15) is 12.2 Å². The number of nitrogens with one attached hydrogen (secondary N) is 1. The highest BCUT2D eigenvalue weighted by molar-refractivity contribution is 6.69. The number of ether oxygens (including phenoxy) is 3. The molecule has 4 atom stereocenters. The molecular weight excluding hydrogens is 482 g/mol. The van der Waals surface area contributed by atoms with Crippen LogP contribution in [0.15, 0.2) is 91.0 Å². The maximum atomic E-state index is 13.4. The Morgan fingerprint density at radius 3 is 1.54 bits per heavy atom. The molecule has 7 heteroatoms. The average molecular weight is 520 g/mol. The van der Waals surface area contributed by atoms with Gasteiger partial charge in [0.25, 0.3) is 5.91 Å². The van der Waals surface area contributed by atoms with Gasteiger partial charge in [0.05, 0.1) is 32.5 Å². The number of piperidine rings is 1. The molecule has 3 aromatic carbocycles. The van der Waals surface area contributed by atoms with Crippen molar-refractivity contribution in [2.24, 2.45) is 0 Å². The number of amides is 1. The van der Waals surface area contributed by atoms with E-state index in [-0.39, 0.29) is 11.9 Å². The van der Waals surface area contributed by atoms with Crippen molar-refractivity contribution in [1.29, 1.82) is 0 Å². The summed E-state index contributed by atoms with van der Waals surface area (Å²) in [7, 11) is -1.83. The predicted molar refractivity (Wildman–Crippen MR) is 146 cm³/mol. The third kappa shape index (κ3) is 8.35. The first kappa shape index (κ1) is 27.2. The monoisotopic (exact) mass is 519 g/mol. The van der Waals surface area contributed by atoms with Gasteiger partial charge in [0, 0.05) is 0 Å². The first-order valence-corrected chi connectivity index (χ1v) is 16.2. The van der Waals surface area contributed by atoms with Gasteiger partial charge in [0.2, 0.25) is 0 Å². The van der Waals surface area contributed by atoms with Crippen LogP contribution in [0.5, 0.6) is 0 Å². The lowest BCUT2D eigenvalue weighted by Gasteiger charge is -2.42. The standard InChI is InChI=1S/C30H37NO5Si/c1-37(2,3)36-22-26-27(33-19-23-13-7-4-8-14-23)28(34-20-24-15-9-5-10-16-24)29(30(32)31-26)35-21-25-17-11-6-12-18-25/h4-18,26-29H,19-22H2,1-3H3,(H,31,32)/t26-,27-,28+,29-/m1/s1. The molecule has 1 saturated heterocycles. The lowest BCUT2D eigenvalue weighted by atomic mass is 9.94. The van der Waals surface area contributed by atoms with E-state index >= 15 is 0 Å². The number of carbonyl (C=O) groups is 1. The summed E-state index contributed by atoms with van der Waals surface area (Å²) in [5.74, 6) is -0.210. The first-order chi connectivity index (χ1) is 17.9. The Labute approximate surface area is 221 Å². The summed E-state index contributed by atoms with van der Waals surface area (Å²) in [6, 6.07) is 29.4. The third-order valence-electron chi connectivity index (χ3n) is 6.14. The van der Waals surface area contributed by atoms with Crippen molar-refractivity contribution in [2.75, 3.05) is 6.61 Å². The van der Waals surface area contributed by atoms with Crippen molar-refractivity contribution in [2.45, 2.75) is 63.8 Å². The first-order valence-electron chi connectivity index (χ1n) is 12.8. The summed E-state index contributed by atoms with van der Waals surface area (Å²) >= 11 is 0. The fourth-order valence-corrected chi connectivity index (χ4v) is 4.91. The zero-order chi connectivity index (χ0) is 26.1. The number of rotatable bonds is 12. The van der Waals surface area contributed by atoms with Gasteiger partial charge in [-0.05, 0) is 36.3 Å². The van der Waals surface area contributed by atoms with Gasteiger partial charge in [0.15, 0.2) is 14.4 Å². The quantitative estimate of drug-likeness (QED) is 0.338. The van der Waals surface area contributed by atoms with Crippen LogP contribution < -0.4 is 5.32 Å². The van der Waals surface area contributed by atoms with E-state index in [0.29, 0.717) is 26.4 Å². The molecule has 3 aromatic rings. The van der Waals surface area contributed by atoms with Gasteiger partial charge in [-0.3, -0.25) is 4.79 Å². The maximum absolute atomic E-state index is 13.4. The summed E-state index contributed by atoms with van der Waals surface area (Å²) in [4.78, 5) is 13.4. The van der Waals surface area contributed by atoms with E-state index < -0.39 is 26.6 Å². The minimum absolute atomic E-state index is 0.210. The fraction of sp³-hybridized carbons (Fsp3) is 0.367. The molecule has 37 heavy (non-hydrogen) atoms. The Morgan fingerprint density at radius 1 is 0.649 bits per heavy atom. The van der Waals surface area contributed by atoms with Gasteiger partial charge in [-0.15, -0.1) is 0 Å². The Hall–Kier alpha value is -2.81. The molecule has 0 aliphatic carbocycles. The van der Waals surface area contributed by atoms with Crippen molar-refractivity contribution < 1.29 is 23.4 Å². The van der Waals surface area contributed by atoms with Crippen LogP contribution in [0.3, 0.4) is 0 Å². The molecule has 1 fully saturated rings. The van der Waals surface area contributed by atoms with Crippen molar-refractivity contribution in [3.05, 3.63) is 108 Å². The van der Waals surface area contributed by atoms with E-state index in [1.165, 1.54) is 0 Å². The molecule has 0 unspecified atom stereocenters. The molecule has 0 spiro atoms. The van der Waals surface area contributed by atoms with Crippen LogP contribution >= 0.6 is 0 Å². The Bertz CT molecular complexity index is 1090. The van der Waals surface area contributed by atoms with E-state index in [1.54, 1.807) is 0 Å². The lowest BCUT2D eigenvalue weighted by molar-refractivity contribution is -0.189. The number of benzene rings is 3. The highest BCUT2D eigenvalue weighted by atomic mass is 28.4. The highest BCUT2D eigenvalue weighted by Gasteiger charge is 2.47. The van der Waals surface area contributed by atoms with Crippen LogP contribution in [-0.4, -0.2) is 45.2 Å². The van der Waals surface area contributed by atoms with Crippen LogP contribution in [0, 0.1) is 0 Å². The van der Waals surface area contributed by atoms with Gasteiger partial charge >= 0.3 is 0 Å². The largest absolute Gasteiger partial charge is 0.415 e. The van der Waals surface area contributed by atoms with Crippen LogP contribution in [0.25, 0.3) is 0 Å². The maximum Gasteiger partial charge on any atom is 0.252 e. The second-order valence-electron chi connectivity index (χ2n) is 10.3. The topological polar surface area (TPSA) is 66.0 Å². The molecule has 1 aliphatic heterocycles. The number of hydrogen-bond donors (Lipinski definition) is 1.